The van der Waals surface area contributed by atoms with Gasteiger partial charge in [-0.3, -0.25) is 9.36 Å². The lowest BCUT2D eigenvalue weighted by Crippen LogP contribution is -2.27. The van der Waals surface area contributed by atoms with Crippen molar-refractivity contribution in [3.05, 3.63) is 52.7 Å². The maximum absolute atomic E-state index is 12.3. The van der Waals surface area contributed by atoms with Gasteiger partial charge in [-0.15, -0.1) is 13.2 Å². The second-order valence-corrected chi connectivity index (χ2v) is 3.77. The number of benzene rings is 1. The molecule has 9 heteroatoms. The Morgan fingerprint density at radius 1 is 1.29 bits per heavy atom. The molecule has 0 fully saturated rings. The third-order valence-corrected chi connectivity index (χ3v) is 2.39. The summed E-state index contributed by atoms with van der Waals surface area (Å²) in [6, 6.07) is 4.87. The van der Waals surface area contributed by atoms with Gasteiger partial charge in [0.2, 0.25) is 5.69 Å². The Balaban J connectivity index is 2.61. The van der Waals surface area contributed by atoms with Crippen molar-refractivity contribution in [3.8, 4) is 11.4 Å². The summed E-state index contributed by atoms with van der Waals surface area (Å²) < 4.78 is 41.5. The van der Waals surface area contributed by atoms with E-state index in [1.807, 2.05) is 0 Å². The highest BCUT2D eigenvalue weighted by Crippen LogP contribution is 2.27. The van der Waals surface area contributed by atoms with E-state index in [0.29, 0.717) is 0 Å². The third kappa shape index (κ3) is 3.19. The van der Waals surface area contributed by atoms with Crippen LogP contribution in [0, 0.1) is 0 Å². The average Bonchev–Trinajstić information content (AvgIpc) is 2.38. The molecular formula is C12H7F3N2O4. The van der Waals surface area contributed by atoms with Crippen LogP contribution in [-0.2, 0) is 0 Å². The molecule has 2 rings (SSSR count). The van der Waals surface area contributed by atoms with Crippen LogP contribution in [0.15, 0.2) is 41.5 Å². The summed E-state index contributed by atoms with van der Waals surface area (Å²) >= 11 is 0. The molecule has 0 radical (unpaired) electrons. The Morgan fingerprint density at radius 3 is 2.57 bits per heavy atom. The number of carboxylic acid groups (broad SMARTS) is 1. The minimum absolute atomic E-state index is 0.246. The topological polar surface area (TPSA) is 81.4 Å². The van der Waals surface area contributed by atoms with Crippen molar-refractivity contribution >= 4 is 5.97 Å². The summed E-state index contributed by atoms with van der Waals surface area (Å²) in [4.78, 5) is 26.1. The number of halogens is 3. The zero-order chi connectivity index (χ0) is 15.6. The van der Waals surface area contributed by atoms with Crippen molar-refractivity contribution < 1.29 is 27.8 Å². The molecule has 21 heavy (non-hydrogen) atoms. The second kappa shape index (κ2) is 5.27. The molecule has 0 amide bonds. The van der Waals surface area contributed by atoms with Gasteiger partial charge in [-0.05, 0) is 12.1 Å². The maximum atomic E-state index is 12.3. The van der Waals surface area contributed by atoms with Crippen molar-refractivity contribution in [1.29, 1.82) is 0 Å². The SMILES string of the molecule is O=C(O)c1nccn(-c2ccccc2OC(F)(F)F)c1=O. The molecule has 1 heterocycles. The van der Waals surface area contributed by atoms with Crippen LogP contribution in [0.4, 0.5) is 13.2 Å². The molecule has 0 unspecified atom stereocenters. The summed E-state index contributed by atoms with van der Waals surface area (Å²) in [6.45, 7) is 0. The molecule has 0 bridgehead atoms. The minimum Gasteiger partial charge on any atom is -0.476 e. The number of alkyl halides is 3. The molecule has 2 aromatic rings. The normalized spacial score (nSPS) is 11.2. The lowest BCUT2D eigenvalue weighted by atomic mass is 10.3. The van der Waals surface area contributed by atoms with Gasteiger partial charge in [-0.1, -0.05) is 12.1 Å². The first-order valence-electron chi connectivity index (χ1n) is 5.45. The first-order valence-corrected chi connectivity index (χ1v) is 5.45. The van der Waals surface area contributed by atoms with Gasteiger partial charge in [0.05, 0.1) is 5.69 Å². The molecule has 1 aromatic heterocycles. The molecule has 0 aliphatic rings. The van der Waals surface area contributed by atoms with Crippen molar-refractivity contribution in [1.82, 2.24) is 9.55 Å². The molecule has 0 aliphatic heterocycles. The highest BCUT2D eigenvalue weighted by Gasteiger charge is 2.32. The third-order valence-electron chi connectivity index (χ3n) is 2.39. The number of aromatic nitrogens is 2. The van der Waals surface area contributed by atoms with E-state index >= 15 is 0 Å². The maximum Gasteiger partial charge on any atom is 0.573 e. The number of nitrogens with zero attached hydrogens (tertiary/aromatic N) is 2. The van der Waals surface area contributed by atoms with E-state index in [1.165, 1.54) is 18.2 Å². The average molecular weight is 300 g/mol. The van der Waals surface area contributed by atoms with Gasteiger partial charge in [-0.2, -0.15) is 0 Å². The van der Waals surface area contributed by atoms with Gasteiger partial charge in [0.15, 0.2) is 5.75 Å². The fraction of sp³-hybridized carbons (Fsp3) is 0.0833. The number of aromatic carboxylic acids is 1. The van der Waals surface area contributed by atoms with Gasteiger partial charge < -0.3 is 9.84 Å². The Bertz CT molecular complexity index is 740. The Hall–Kier alpha value is -2.84. The van der Waals surface area contributed by atoms with Crippen LogP contribution in [0.3, 0.4) is 0 Å². The second-order valence-electron chi connectivity index (χ2n) is 3.77. The van der Waals surface area contributed by atoms with Crippen molar-refractivity contribution in [2.75, 3.05) is 0 Å². The minimum atomic E-state index is -4.94. The van der Waals surface area contributed by atoms with E-state index in [-0.39, 0.29) is 5.69 Å². The van der Waals surface area contributed by atoms with Crippen molar-refractivity contribution in [3.63, 3.8) is 0 Å². The highest BCUT2D eigenvalue weighted by molar-refractivity contribution is 5.84. The lowest BCUT2D eigenvalue weighted by molar-refractivity contribution is -0.274. The van der Waals surface area contributed by atoms with Gasteiger partial charge in [0.25, 0.3) is 5.56 Å². The van der Waals surface area contributed by atoms with Crippen LogP contribution < -0.4 is 10.3 Å². The molecule has 1 aromatic carbocycles. The van der Waals surface area contributed by atoms with Crippen LogP contribution in [0.1, 0.15) is 10.5 Å². The fourth-order valence-electron chi connectivity index (χ4n) is 1.62. The number of carbonyl (C=O) groups is 1. The molecule has 0 spiro atoms. The largest absolute Gasteiger partial charge is 0.573 e. The summed E-state index contributed by atoms with van der Waals surface area (Å²) in [5, 5.41) is 8.81. The van der Waals surface area contributed by atoms with Crippen LogP contribution >= 0.6 is 0 Å². The van der Waals surface area contributed by atoms with Crippen LogP contribution in [0.25, 0.3) is 5.69 Å². The lowest BCUT2D eigenvalue weighted by Gasteiger charge is -2.14. The number of para-hydroxylation sites is 2. The molecule has 6 nitrogen and oxygen atoms in total. The predicted molar refractivity (Wildman–Crippen MR) is 63.5 cm³/mol. The molecule has 1 N–H and O–H groups in total. The summed E-state index contributed by atoms with van der Waals surface area (Å²) in [5.41, 5.74) is -2.12. The molecular weight excluding hydrogens is 293 g/mol. The van der Waals surface area contributed by atoms with Gasteiger partial charge in [0, 0.05) is 12.4 Å². The van der Waals surface area contributed by atoms with Crippen molar-refractivity contribution in [2.45, 2.75) is 6.36 Å². The molecule has 0 saturated heterocycles. The van der Waals surface area contributed by atoms with E-state index in [0.717, 1.165) is 23.0 Å². The number of rotatable bonds is 3. The Kier molecular flexibility index (Phi) is 3.66. The highest BCUT2D eigenvalue weighted by atomic mass is 19.4. The van der Waals surface area contributed by atoms with Gasteiger partial charge >= 0.3 is 12.3 Å². The van der Waals surface area contributed by atoms with Crippen molar-refractivity contribution in [2.24, 2.45) is 0 Å². The quantitative estimate of drug-likeness (QED) is 0.935. The van der Waals surface area contributed by atoms with Gasteiger partial charge in [-0.25, -0.2) is 9.78 Å². The van der Waals surface area contributed by atoms with Crippen LogP contribution in [0.2, 0.25) is 0 Å². The number of ether oxygens (including phenoxy) is 1. The predicted octanol–water partition coefficient (Wildman–Crippen LogP) is 1.83. The van der Waals surface area contributed by atoms with E-state index in [2.05, 4.69) is 9.72 Å². The van der Waals surface area contributed by atoms with Crippen LogP contribution in [0.5, 0.6) is 5.75 Å². The van der Waals surface area contributed by atoms with E-state index in [9.17, 15) is 22.8 Å². The Morgan fingerprint density at radius 2 is 1.95 bits per heavy atom. The van der Waals surface area contributed by atoms with E-state index in [4.69, 9.17) is 5.11 Å². The Labute approximate surface area is 115 Å². The zero-order valence-electron chi connectivity index (χ0n) is 10.2. The first-order chi connectivity index (χ1) is 9.79. The molecule has 0 aliphatic carbocycles. The number of hydrogen-bond acceptors (Lipinski definition) is 4. The smallest absolute Gasteiger partial charge is 0.476 e. The monoisotopic (exact) mass is 300 g/mol. The summed E-state index contributed by atoms with van der Waals surface area (Å²) in [6.07, 6.45) is -2.90. The number of carboxylic acids is 1. The zero-order valence-corrected chi connectivity index (χ0v) is 10.2. The molecule has 110 valence electrons. The van der Waals surface area contributed by atoms with Gasteiger partial charge in [0.1, 0.15) is 0 Å². The number of hydrogen-bond donors (Lipinski definition) is 1. The molecule has 0 saturated carbocycles. The first kappa shape index (κ1) is 14.6. The van der Waals surface area contributed by atoms with Crippen LogP contribution in [-0.4, -0.2) is 27.0 Å². The standard InChI is InChI=1S/C12H7F3N2O4/c13-12(14,15)21-8-4-2-1-3-7(8)17-6-5-16-9(10(17)18)11(19)20/h1-6H,(H,19,20). The fourth-order valence-corrected chi connectivity index (χ4v) is 1.62. The summed E-state index contributed by atoms with van der Waals surface area (Å²) in [5.74, 6) is -2.21. The van der Waals surface area contributed by atoms with E-state index in [1.54, 1.807) is 0 Å². The molecule has 0 atom stereocenters. The van der Waals surface area contributed by atoms with E-state index < -0.39 is 29.3 Å². The summed E-state index contributed by atoms with van der Waals surface area (Å²) in [7, 11) is 0.